The van der Waals surface area contributed by atoms with Gasteiger partial charge in [-0.2, -0.15) is 0 Å². The molecule has 1 unspecified atom stereocenters. The molecule has 1 fully saturated rings. The largest absolute Gasteiger partial charge is 0.355 e. The lowest BCUT2D eigenvalue weighted by molar-refractivity contribution is -0.134. The van der Waals surface area contributed by atoms with Crippen molar-refractivity contribution in [3.05, 3.63) is 20.8 Å². The van der Waals surface area contributed by atoms with E-state index in [1.807, 2.05) is 13.0 Å². The summed E-state index contributed by atoms with van der Waals surface area (Å²) in [6.45, 7) is 3.85. The Morgan fingerprint density at radius 1 is 1.48 bits per heavy atom. The van der Waals surface area contributed by atoms with Crippen LogP contribution in [0.2, 0.25) is 0 Å². The van der Waals surface area contributed by atoms with Gasteiger partial charge >= 0.3 is 6.03 Å². The summed E-state index contributed by atoms with van der Waals surface area (Å²) in [5.41, 5.74) is -1.11. The molecule has 114 valence electrons. The van der Waals surface area contributed by atoms with Crippen LogP contribution in [-0.4, -0.2) is 35.8 Å². The van der Waals surface area contributed by atoms with E-state index in [0.29, 0.717) is 6.54 Å². The van der Waals surface area contributed by atoms with E-state index >= 15 is 0 Å². The molecular weight excluding hydrogens is 358 g/mol. The number of thiophene rings is 1. The number of nitrogens with one attached hydrogen (secondary N) is 2. The number of nitrogens with zero attached hydrogens (tertiary/aromatic N) is 1. The molecule has 0 saturated carbocycles. The number of carbonyl (C=O) groups excluding carboxylic acids is 3. The van der Waals surface area contributed by atoms with E-state index in [0.717, 1.165) is 20.0 Å². The topological polar surface area (TPSA) is 78.5 Å². The van der Waals surface area contributed by atoms with E-state index in [2.05, 4.69) is 26.6 Å². The van der Waals surface area contributed by atoms with Crippen molar-refractivity contribution >= 4 is 45.1 Å². The summed E-state index contributed by atoms with van der Waals surface area (Å²) in [5.74, 6) is -0.745. The van der Waals surface area contributed by atoms with E-state index in [9.17, 15) is 14.4 Å². The minimum Gasteiger partial charge on any atom is -0.355 e. The molecule has 1 atom stereocenters. The van der Waals surface area contributed by atoms with Crippen molar-refractivity contribution in [2.24, 2.45) is 0 Å². The Morgan fingerprint density at radius 2 is 2.19 bits per heavy atom. The molecular formula is C13H16BrN3O3S. The van der Waals surface area contributed by atoms with Gasteiger partial charge in [0.25, 0.3) is 5.91 Å². The molecule has 1 aromatic heterocycles. The fourth-order valence-corrected chi connectivity index (χ4v) is 3.53. The second kappa shape index (κ2) is 6.15. The summed E-state index contributed by atoms with van der Waals surface area (Å²) < 4.78 is 0.875. The lowest BCUT2D eigenvalue weighted by atomic mass is 10.0. The summed E-state index contributed by atoms with van der Waals surface area (Å²) in [7, 11) is 0. The van der Waals surface area contributed by atoms with Crippen LogP contribution in [0.5, 0.6) is 0 Å². The van der Waals surface area contributed by atoms with Crippen LogP contribution in [0.15, 0.2) is 15.9 Å². The molecule has 1 aliphatic heterocycles. The summed E-state index contributed by atoms with van der Waals surface area (Å²) >= 11 is 4.72. The number of rotatable bonds is 5. The molecule has 8 heteroatoms. The van der Waals surface area contributed by atoms with Crippen molar-refractivity contribution in [3.63, 3.8) is 0 Å². The number of carbonyl (C=O) groups is 3. The summed E-state index contributed by atoms with van der Waals surface area (Å²) in [5, 5.41) is 5.32. The maximum Gasteiger partial charge on any atom is 0.325 e. The molecule has 2 heterocycles. The minimum absolute atomic E-state index is 0.257. The third-order valence-corrected chi connectivity index (χ3v) is 5.06. The maximum absolute atomic E-state index is 12.5. The quantitative estimate of drug-likeness (QED) is 0.772. The van der Waals surface area contributed by atoms with E-state index in [4.69, 9.17) is 0 Å². The van der Waals surface area contributed by atoms with Crippen molar-refractivity contribution in [2.75, 3.05) is 13.1 Å². The Balaban J connectivity index is 2.14. The zero-order chi connectivity index (χ0) is 15.6. The van der Waals surface area contributed by atoms with Crippen molar-refractivity contribution in [3.8, 4) is 0 Å². The summed E-state index contributed by atoms with van der Waals surface area (Å²) in [4.78, 5) is 37.9. The number of halogens is 1. The van der Waals surface area contributed by atoms with Crippen LogP contribution in [0.1, 0.15) is 25.1 Å². The molecule has 6 nitrogen and oxygen atoms in total. The van der Waals surface area contributed by atoms with Crippen molar-refractivity contribution in [1.29, 1.82) is 0 Å². The Labute approximate surface area is 135 Å². The van der Waals surface area contributed by atoms with Crippen LogP contribution < -0.4 is 10.6 Å². The van der Waals surface area contributed by atoms with Gasteiger partial charge in [-0.25, -0.2) is 4.79 Å². The van der Waals surface area contributed by atoms with Crippen LogP contribution in [-0.2, 0) is 15.1 Å². The summed E-state index contributed by atoms with van der Waals surface area (Å²) in [6, 6.07) is 3.06. The van der Waals surface area contributed by atoms with Gasteiger partial charge in [0.2, 0.25) is 5.91 Å². The third kappa shape index (κ3) is 3.11. The van der Waals surface area contributed by atoms with Crippen LogP contribution in [0, 0.1) is 0 Å². The first-order chi connectivity index (χ1) is 9.88. The van der Waals surface area contributed by atoms with E-state index in [1.165, 1.54) is 11.3 Å². The highest BCUT2D eigenvalue weighted by atomic mass is 79.9. The Morgan fingerprint density at radius 3 is 2.76 bits per heavy atom. The van der Waals surface area contributed by atoms with Gasteiger partial charge in [-0.05, 0) is 41.4 Å². The number of urea groups is 1. The maximum atomic E-state index is 12.5. The van der Waals surface area contributed by atoms with Gasteiger partial charge in [-0.3, -0.25) is 14.5 Å². The first-order valence-electron chi connectivity index (χ1n) is 6.55. The SMILES string of the molecule is CCCNC(=O)CN1C(=O)NC(C)(c2ccc(Br)s2)C1=O. The first kappa shape index (κ1) is 16.0. The average Bonchev–Trinajstić information content (AvgIpc) is 2.95. The molecule has 0 aromatic carbocycles. The standard InChI is InChI=1S/C13H16BrN3O3S/c1-3-6-15-10(18)7-17-11(19)13(2,16-12(17)20)8-4-5-9(14)21-8/h4-5H,3,6-7H2,1-2H3,(H,15,18)(H,16,20). The zero-order valence-corrected chi connectivity index (χ0v) is 14.1. The van der Waals surface area contributed by atoms with Crippen molar-refractivity contribution in [2.45, 2.75) is 25.8 Å². The lowest BCUT2D eigenvalue weighted by Crippen LogP contribution is -2.43. The van der Waals surface area contributed by atoms with Gasteiger partial charge in [0, 0.05) is 11.4 Å². The van der Waals surface area contributed by atoms with Crippen LogP contribution in [0.3, 0.4) is 0 Å². The summed E-state index contributed by atoms with van der Waals surface area (Å²) in [6.07, 6.45) is 0.798. The van der Waals surface area contributed by atoms with Gasteiger partial charge < -0.3 is 10.6 Å². The molecule has 2 N–H and O–H groups in total. The lowest BCUT2D eigenvalue weighted by Gasteiger charge is -2.19. The first-order valence-corrected chi connectivity index (χ1v) is 8.16. The average molecular weight is 374 g/mol. The highest BCUT2D eigenvalue weighted by Crippen LogP contribution is 2.35. The molecule has 0 radical (unpaired) electrons. The van der Waals surface area contributed by atoms with Gasteiger partial charge in [-0.1, -0.05) is 6.92 Å². The molecule has 0 spiro atoms. The molecule has 2 rings (SSSR count). The smallest absolute Gasteiger partial charge is 0.325 e. The molecule has 0 aliphatic carbocycles. The number of imide groups is 1. The van der Waals surface area contributed by atoms with Gasteiger partial charge in [0.15, 0.2) is 5.54 Å². The highest BCUT2D eigenvalue weighted by Gasteiger charge is 2.50. The molecule has 0 bridgehead atoms. The third-order valence-electron chi connectivity index (χ3n) is 3.21. The number of amides is 4. The van der Waals surface area contributed by atoms with Crippen LogP contribution >= 0.6 is 27.3 Å². The predicted molar refractivity (Wildman–Crippen MR) is 82.9 cm³/mol. The molecule has 4 amide bonds. The van der Waals surface area contributed by atoms with E-state index in [1.54, 1.807) is 13.0 Å². The van der Waals surface area contributed by atoms with Crippen molar-refractivity contribution < 1.29 is 14.4 Å². The Hall–Kier alpha value is -1.41. The fraction of sp³-hybridized carbons (Fsp3) is 0.462. The fourth-order valence-electron chi connectivity index (χ4n) is 2.05. The van der Waals surface area contributed by atoms with Gasteiger partial charge in [-0.15, -0.1) is 11.3 Å². The molecule has 1 aromatic rings. The minimum atomic E-state index is -1.11. The predicted octanol–water partition coefficient (Wildman–Crippen LogP) is 1.80. The number of hydrogen-bond acceptors (Lipinski definition) is 4. The van der Waals surface area contributed by atoms with Crippen molar-refractivity contribution in [1.82, 2.24) is 15.5 Å². The zero-order valence-electron chi connectivity index (χ0n) is 11.7. The van der Waals surface area contributed by atoms with E-state index in [-0.39, 0.29) is 12.5 Å². The molecule has 21 heavy (non-hydrogen) atoms. The Kier molecular flexibility index (Phi) is 4.67. The van der Waals surface area contributed by atoms with Crippen LogP contribution in [0.25, 0.3) is 0 Å². The Bertz CT molecular complexity index is 589. The molecule has 1 aliphatic rings. The van der Waals surface area contributed by atoms with E-state index < -0.39 is 17.5 Å². The molecule has 1 saturated heterocycles. The monoisotopic (exact) mass is 373 g/mol. The normalized spacial score (nSPS) is 21.6. The second-order valence-corrected chi connectivity index (χ2v) is 7.36. The second-order valence-electron chi connectivity index (χ2n) is 4.90. The highest BCUT2D eigenvalue weighted by molar-refractivity contribution is 9.11. The number of hydrogen-bond donors (Lipinski definition) is 2. The van der Waals surface area contributed by atoms with Crippen LogP contribution in [0.4, 0.5) is 4.79 Å². The van der Waals surface area contributed by atoms with Gasteiger partial charge in [0.1, 0.15) is 6.54 Å². The van der Waals surface area contributed by atoms with Gasteiger partial charge in [0.05, 0.1) is 3.79 Å².